The molecule has 2 aromatic carbocycles. The topological polar surface area (TPSA) is 77.6 Å². The highest BCUT2D eigenvalue weighted by molar-refractivity contribution is 9.10. The summed E-state index contributed by atoms with van der Waals surface area (Å²) in [5, 5.41) is 12.2. The van der Waals surface area contributed by atoms with Crippen molar-refractivity contribution >= 4 is 39.4 Å². The van der Waals surface area contributed by atoms with Crippen molar-refractivity contribution in [3.8, 4) is 5.69 Å². The molecule has 7 nitrogen and oxygen atoms in total. The fourth-order valence-electron chi connectivity index (χ4n) is 3.25. The van der Waals surface area contributed by atoms with E-state index in [1.807, 2.05) is 50.2 Å². The Hall–Kier alpha value is -2.97. The molecule has 0 aliphatic heterocycles. The first-order chi connectivity index (χ1) is 14.9. The molecule has 4 rings (SSSR count). The maximum Gasteiger partial charge on any atom is 0.261 e. The summed E-state index contributed by atoms with van der Waals surface area (Å²) in [6.45, 7) is 4.60. The van der Waals surface area contributed by atoms with Gasteiger partial charge in [0.1, 0.15) is 6.33 Å². The van der Waals surface area contributed by atoms with E-state index in [2.05, 4.69) is 36.4 Å². The Kier molecular flexibility index (Phi) is 6.20. The molecule has 2 aromatic heterocycles. The van der Waals surface area contributed by atoms with Crippen molar-refractivity contribution < 1.29 is 4.79 Å². The van der Waals surface area contributed by atoms with E-state index in [1.54, 1.807) is 34.0 Å². The van der Waals surface area contributed by atoms with E-state index >= 15 is 0 Å². The van der Waals surface area contributed by atoms with Crippen LogP contribution in [0.3, 0.4) is 0 Å². The number of aromatic nitrogens is 5. The fourth-order valence-corrected chi connectivity index (χ4v) is 3.64. The molecule has 1 amide bonds. The molecule has 0 saturated carbocycles. The Morgan fingerprint density at radius 2 is 1.84 bits per heavy atom. The van der Waals surface area contributed by atoms with Gasteiger partial charge in [-0.1, -0.05) is 53.5 Å². The number of hydrogen-bond acceptors (Lipinski definition) is 4. The number of carbonyl (C=O) groups is 1. The molecule has 2 heterocycles. The molecule has 158 valence electrons. The predicted octanol–water partition coefficient (Wildman–Crippen LogP) is 5.30. The number of carbonyl (C=O) groups excluding carboxylic acids is 1. The lowest BCUT2D eigenvalue weighted by Crippen LogP contribution is -2.16. The van der Waals surface area contributed by atoms with E-state index in [4.69, 9.17) is 11.6 Å². The number of nitrogens with zero attached hydrogens (tertiary/aromatic N) is 5. The lowest BCUT2D eigenvalue weighted by Gasteiger charge is -2.12. The molecule has 1 N–H and O–H groups in total. The van der Waals surface area contributed by atoms with Gasteiger partial charge in [0.2, 0.25) is 5.95 Å². The van der Waals surface area contributed by atoms with Crippen molar-refractivity contribution in [3.63, 3.8) is 0 Å². The molecule has 0 fully saturated rings. The maximum atomic E-state index is 13.0. The van der Waals surface area contributed by atoms with Crippen LogP contribution in [-0.4, -0.2) is 30.5 Å². The van der Waals surface area contributed by atoms with Gasteiger partial charge in [0, 0.05) is 9.50 Å². The Morgan fingerprint density at radius 3 is 2.52 bits per heavy atom. The van der Waals surface area contributed by atoms with Crippen LogP contribution in [0.1, 0.15) is 41.4 Å². The van der Waals surface area contributed by atoms with Gasteiger partial charge < -0.3 is 0 Å². The third-order valence-electron chi connectivity index (χ3n) is 4.69. The molecular formula is C22H20BrClN6O. The van der Waals surface area contributed by atoms with Crippen molar-refractivity contribution in [2.24, 2.45) is 0 Å². The minimum absolute atomic E-state index is 0.0712. The number of anilines is 1. The zero-order valence-electron chi connectivity index (χ0n) is 17.0. The van der Waals surface area contributed by atoms with Gasteiger partial charge in [-0.15, -0.1) is 5.10 Å². The first-order valence-corrected chi connectivity index (χ1v) is 10.9. The molecule has 0 spiro atoms. The molecule has 0 bridgehead atoms. The van der Waals surface area contributed by atoms with E-state index in [1.165, 1.54) is 0 Å². The second kappa shape index (κ2) is 9.03. The smallest absolute Gasteiger partial charge is 0.261 e. The Morgan fingerprint density at radius 1 is 1.13 bits per heavy atom. The summed E-state index contributed by atoms with van der Waals surface area (Å²) in [6, 6.07) is 15.3. The zero-order valence-corrected chi connectivity index (χ0v) is 19.3. The fraction of sp³-hybridized carbons (Fsp3) is 0.182. The van der Waals surface area contributed by atoms with E-state index in [0.29, 0.717) is 17.1 Å². The van der Waals surface area contributed by atoms with E-state index in [-0.39, 0.29) is 17.8 Å². The Balaban J connectivity index is 1.53. The molecule has 0 unspecified atom stereocenters. The first-order valence-electron chi connectivity index (χ1n) is 9.70. The minimum atomic E-state index is -0.301. The highest BCUT2D eigenvalue weighted by Gasteiger charge is 2.22. The molecule has 0 aliphatic rings. The van der Waals surface area contributed by atoms with E-state index < -0.39 is 0 Å². The molecule has 31 heavy (non-hydrogen) atoms. The molecule has 9 heteroatoms. The maximum absolute atomic E-state index is 13.0. The lowest BCUT2D eigenvalue weighted by atomic mass is 10.1. The molecule has 0 saturated heterocycles. The van der Waals surface area contributed by atoms with Crippen LogP contribution in [0.5, 0.6) is 0 Å². The highest BCUT2D eigenvalue weighted by atomic mass is 79.9. The summed E-state index contributed by atoms with van der Waals surface area (Å²) in [6.07, 6.45) is 3.16. The standard InChI is InChI=1S/C22H20BrClN6O/c1-14(2)20-19(11-26-30(20)18-9-7-17(24)8-10-18)21(31)27-22-25-13-29(28-22)12-15-3-5-16(23)6-4-15/h3-11,13-14H,12H2,1-2H3,(H,27,28,31). The first kappa shape index (κ1) is 21.3. The van der Waals surface area contributed by atoms with Gasteiger partial charge in [0.15, 0.2) is 0 Å². The Labute approximate surface area is 193 Å². The van der Waals surface area contributed by atoms with Crippen LogP contribution in [0, 0.1) is 0 Å². The normalized spacial score (nSPS) is 11.1. The third-order valence-corrected chi connectivity index (χ3v) is 5.47. The number of benzene rings is 2. The van der Waals surface area contributed by atoms with Gasteiger partial charge in [0.05, 0.1) is 29.7 Å². The van der Waals surface area contributed by atoms with Crippen molar-refractivity contribution in [1.82, 2.24) is 24.5 Å². The van der Waals surface area contributed by atoms with Crippen molar-refractivity contribution in [3.05, 3.63) is 87.4 Å². The predicted molar refractivity (Wildman–Crippen MR) is 124 cm³/mol. The summed E-state index contributed by atoms with van der Waals surface area (Å²) >= 11 is 9.42. The molecular weight excluding hydrogens is 480 g/mol. The van der Waals surface area contributed by atoms with Crippen LogP contribution < -0.4 is 5.32 Å². The van der Waals surface area contributed by atoms with Crippen LogP contribution in [-0.2, 0) is 6.54 Å². The van der Waals surface area contributed by atoms with Crippen molar-refractivity contribution in [2.45, 2.75) is 26.3 Å². The lowest BCUT2D eigenvalue weighted by molar-refractivity contribution is 0.102. The summed E-state index contributed by atoms with van der Waals surface area (Å²) in [5.41, 5.74) is 3.20. The molecule has 0 radical (unpaired) electrons. The number of nitrogens with one attached hydrogen (secondary N) is 1. The molecule has 0 aliphatic carbocycles. The summed E-state index contributed by atoms with van der Waals surface area (Å²) in [5.74, 6) is 0.0169. The number of amides is 1. The summed E-state index contributed by atoms with van der Waals surface area (Å²) < 4.78 is 4.46. The number of rotatable bonds is 6. The average Bonchev–Trinajstić information content (AvgIpc) is 3.37. The molecule has 4 aromatic rings. The van der Waals surface area contributed by atoms with E-state index in [9.17, 15) is 4.79 Å². The summed E-state index contributed by atoms with van der Waals surface area (Å²) in [4.78, 5) is 17.2. The third kappa shape index (κ3) is 4.86. The van der Waals surface area contributed by atoms with Gasteiger partial charge in [-0.2, -0.15) is 5.10 Å². The largest absolute Gasteiger partial charge is 0.289 e. The van der Waals surface area contributed by atoms with Gasteiger partial charge in [-0.05, 0) is 47.9 Å². The van der Waals surface area contributed by atoms with Crippen LogP contribution in [0.2, 0.25) is 5.02 Å². The van der Waals surface area contributed by atoms with Gasteiger partial charge in [-0.3, -0.25) is 10.1 Å². The van der Waals surface area contributed by atoms with E-state index in [0.717, 1.165) is 21.4 Å². The zero-order chi connectivity index (χ0) is 22.0. The van der Waals surface area contributed by atoms with Gasteiger partial charge >= 0.3 is 0 Å². The van der Waals surface area contributed by atoms with Crippen LogP contribution >= 0.6 is 27.5 Å². The highest BCUT2D eigenvalue weighted by Crippen LogP contribution is 2.24. The van der Waals surface area contributed by atoms with Gasteiger partial charge in [-0.25, -0.2) is 14.3 Å². The SMILES string of the molecule is CC(C)c1c(C(=O)Nc2ncn(Cc3ccc(Br)cc3)n2)cnn1-c1ccc(Cl)cc1. The van der Waals surface area contributed by atoms with Crippen molar-refractivity contribution in [1.29, 1.82) is 0 Å². The van der Waals surface area contributed by atoms with Crippen LogP contribution in [0.4, 0.5) is 5.95 Å². The number of halogens is 2. The van der Waals surface area contributed by atoms with Crippen LogP contribution in [0.15, 0.2) is 65.5 Å². The average molecular weight is 500 g/mol. The van der Waals surface area contributed by atoms with Crippen LogP contribution in [0.25, 0.3) is 5.69 Å². The van der Waals surface area contributed by atoms with Gasteiger partial charge in [0.25, 0.3) is 5.91 Å². The monoisotopic (exact) mass is 498 g/mol. The second-order valence-electron chi connectivity index (χ2n) is 7.33. The number of hydrogen-bond donors (Lipinski definition) is 1. The second-order valence-corrected chi connectivity index (χ2v) is 8.68. The van der Waals surface area contributed by atoms with Crippen molar-refractivity contribution in [2.75, 3.05) is 5.32 Å². The quantitative estimate of drug-likeness (QED) is 0.390. The Bertz CT molecular complexity index is 1200. The summed E-state index contributed by atoms with van der Waals surface area (Å²) in [7, 11) is 0. The minimum Gasteiger partial charge on any atom is -0.289 e. The molecule has 0 atom stereocenters.